The van der Waals surface area contributed by atoms with Crippen molar-refractivity contribution in [1.82, 2.24) is 9.80 Å². The second kappa shape index (κ2) is 14.3. The first-order valence-corrected chi connectivity index (χ1v) is 16.7. The van der Waals surface area contributed by atoms with E-state index in [0.29, 0.717) is 51.9 Å². The second-order valence-electron chi connectivity index (χ2n) is 12.0. The van der Waals surface area contributed by atoms with Gasteiger partial charge in [0.2, 0.25) is 11.8 Å². The van der Waals surface area contributed by atoms with Crippen LogP contribution >= 0.6 is 11.8 Å². The van der Waals surface area contributed by atoms with Gasteiger partial charge in [0.25, 0.3) is 0 Å². The first-order valence-electron chi connectivity index (χ1n) is 15.9. The van der Waals surface area contributed by atoms with Crippen LogP contribution < -0.4 is 0 Å². The molecule has 2 aliphatic heterocycles. The summed E-state index contributed by atoms with van der Waals surface area (Å²) in [4.78, 5) is 53.9. The van der Waals surface area contributed by atoms with Crippen LogP contribution in [0.2, 0.25) is 0 Å². The minimum Gasteiger partial charge on any atom is -0.481 e. The summed E-state index contributed by atoms with van der Waals surface area (Å²) in [6, 6.07) is 24.4. The highest BCUT2D eigenvalue weighted by Crippen LogP contribution is 2.39. The van der Waals surface area contributed by atoms with Gasteiger partial charge in [-0.2, -0.15) is 0 Å². The maximum absolute atomic E-state index is 12.9. The van der Waals surface area contributed by atoms with E-state index in [2.05, 4.69) is 36.4 Å². The van der Waals surface area contributed by atoms with E-state index in [9.17, 15) is 29.4 Å². The van der Waals surface area contributed by atoms with E-state index in [0.717, 1.165) is 42.5 Å². The third kappa shape index (κ3) is 7.25. The molecule has 2 heterocycles. The molecule has 0 spiro atoms. The van der Waals surface area contributed by atoms with Gasteiger partial charge >= 0.3 is 11.9 Å². The fourth-order valence-electron chi connectivity index (χ4n) is 6.40. The fraction of sp³-hybridized carbons (Fsp3) is 0.263. The summed E-state index contributed by atoms with van der Waals surface area (Å²) < 4.78 is 0. The van der Waals surface area contributed by atoms with Crippen molar-refractivity contribution in [3.05, 3.63) is 96.1 Å². The topological polar surface area (TPSA) is 115 Å². The molecule has 0 atom stereocenters. The molecule has 2 aliphatic rings. The molecule has 2 N–H and O–H groups in total. The second-order valence-corrected chi connectivity index (χ2v) is 13.1. The highest BCUT2D eigenvalue weighted by Gasteiger charge is 2.27. The normalized spacial score (nSPS) is 16.4. The van der Waals surface area contributed by atoms with Crippen molar-refractivity contribution in [2.24, 2.45) is 11.8 Å². The molecule has 4 aromatic carbocycles. The Morgan fingerprint density at radius 3 is 1.28 bits per heavy atom. The summed E-state index contributed by atoms with van der Waals surface area (Å²) in [5.74, 6) is -2.57. The maximum Gasteiger partial charge on any atom is 0.306 e. The number of carboxylic acid groups (broad SMARTS) is 2. The smallest absolute Gasteiger partial charge is 0.306 e. The molecule has 0 aliphatic carbocycles. The molecule has 0 unspecified atom stereocenters. The van der Waals surface area contributed by atoms with Gasteiger partial charge in [-0.25, -0.2) is 0 Å². The van der Waals surface area contributed by atoms with Crippen LogP contribution in [0.1, 0.15) is 36.8 Å². The van der Waals surface area contributed by atoms with E-state index in [4.69, 9.17) is 0 Å². The van der Waals surface area contributed by atoms with Gasteiger partial charge in [0, 0.05) is 48.1 Å². The van der Waals surface area contributed by atoms with E-state index < -0.39 is 11.9 Å². The molecule has 4 aromatic rings. The van der Waals surface area contributed by atoms with Crippen molar-refractivity contribution >= 4 is 69.2 Å². The molecular weight excluding hydrogens is 612 g/mol. The number of aliphatic carboxylic acids is 2. The number of amides is 2. The van der Waals surface area contributed by atoms with Gasteiger partial charge in [-0.1, -0.05) is 72.4 Å². The lowest BCUT2D eigenvalue weighted by atomic mass is 9.97. The van der Waals surface area contributed by atoms with Gasteiger partial charge in [-0.05, 0) is 82.6 Å². The van der Waals surface area contributed by atoms with Crippen LogP contribution in [0.5, 0.6) is 0 Å². The molecule has 0 saturated carbocycles. The summed E-state index contributed by atoms with van der Waals surface area (Å²) in [5, 5.41) is 22.7. The molecule has 240 valence electrons. The van der Waals surface area contributed by atoms with Gasteiger partial charge in [0.1, 0.15) is 0 Å². The zero-order valence-electron chi connectivity index (χ0n) is 25.9. The molecule has 2 saturated heterocycles. The third-order valence-corrected chi connectivity index (χ3v) is 10.3. The zero-order valence-corrected chi connectivity index (χ0v) is 26.7. The number of benzene rings is 4. The first kappa shape index (κ1) is 32.1. The minimum absolute atomic E-state index is 0.110. The van der Waals surface area contributed by atoms with E-state index in [1.807, 2.05) is 48.6 Å². The molecule has 0 radical (unpaired) electrons. The van der Waals surface area contributed by atoms with Gasteiger partial charge in [-0.3, -0.25) is 19.2 Å². The van der Waals surface area contributed by atoms with Gasteiger partial charge in [0.15, 0.2) is 0 Å². The van der Waals surface area contributed by atoms with E-state index in [1.54, 1.807) is 33.7 Å². The monoisotopic (exact) mass is 648 g/mol. The standard InChI is InChI=1S/C38H36N2O6S/c41-35(39-21-17-27(18-22-39)37(43)44)15-11-25-9-13-33(31-7-3-1-5-29(25)31)47-34-14-10-26(30-6-2-4-8-32(30)34)12-16-36(42)40-23-19-28(20-24-40)38(45)46/h1-16,27-28H,17-24H2,(H,43,44)(H,45,46)/b15-11+,16-12+. The predicted octanol–water partition coefficient (Wildman–Crippen LogP) is 6.82. The number of hydrogen-bond acceptors (Lipinski definition) is 5. The average Bonchev–Trinajstić information content (AvgIpc) is 3.10. The predicted molar refractivity (Wildman–Crippen MR) is 184 cm³/mol. The number of hydrogen-bond donors (Lipinski definition) is 2. The number of carbonyl (C=O) groups excluding carboxylic acids is 2. The molecule has 9 heteroatoms. The lowest BCUT2D eigenvalue weighted by molar-refractivity contribution is -0.145. The summed E-state index contributed by atoms with van der Waals surface area (Å²) in [6.45, 7) is 1.79. The maximum atomic E-state index is 12.9. The van der Waals surface area contributed by atoms with E-state index >= 15 is 0 Å². The number of nitrogens with zero attached hydrogens (tertiary/aromatic N) is 2. The Morgan fingerprint density at radius 2 is 0.915 bits per heavy atom. The van der Waals surface area contributed by atoms with Gasteiger partial charge in [0.05, 0.1) is 11.8 Å². The molecule has 8 nitrogen and oxygen atoms in total. The highest BCUT2D eigenvalue weighted by molar-refractivity contribution is 7.99. The Hall–Kier alpha value is -4.89. The van der Waals surface area contributed by atoms with Crippen molar-refractivity contribution in [1.29, 1.82) is 0 Å². The number of piperidine rings is 2. The molecule has 2 amide bonds. The molecule has 47 heavy (non-hydrogen) atoms. The Morgan fingerprint density at radius 1 is 0.553 bits per heavy atom. The van der Waals surface area contributed by atoms with Crippen LogP contribution in [-0.4, -0.2) is 69.9 Å². The Kier molecular flexibility index (Phi) is 9.73. The van der Waals surface area contributed by atoms with Crippen LogP contribution in [0.15, 0.2) is 94.7 Å². The van der Waals surface area contributed by atoms with Crippen LogP contribution in [0.4, 0.5) is 0 Å². The van der Waals surface area contributed by atoms with Crippen molar-refractivity contribution in [3.63, 3.8) is 0 Å². The molecule has 0 aromatic heterocycles. The molecule has 2 fully saturated rings. The van der Waals surface area contributed by atoms with Gasteiger partial charge in [-0.15, -0.1) is 0 Å². The number of carbonyl (C=O) groups is 4. The van der Waals surface area contributed by atoms with Crippen LogP contribution in [0.25, 0.3) is 33.7 Å². The summed E-state index contributed by atoms with van der Waals surface area (Å²) in [6.07, 6.45) is 8.75. The quantitative estimate of drug-likeness (QED) is 0.202. The van der Waals surface area contributed by atoms with E-state index in [1.165, 1.54) is 0 Å². The lowest BCUT2D eigenvalue weighted by Gasteiger charge is -2.29. The fourth-order valence-corrected chi connectivity index (χ4v) is 7.49. The third-order valence-electron chi connectivity index (χ3n) is 9.18. The van der Waals surface area contributed by atoms with Crippen molar-refractivity contribution in [3.8, 4) is 0 Å². The minimum atomic E-state index is -0.794. The zero-order chi connectivity index (χ0) is 32.9. The molecule has 0 bridgehead atoms. The summed E-state index contributed by atoms with van der Waals surface area (Å²) >= 11 is 1.67. The number of likely N-dealkylation sites (tertiary alicyclic amines) is 2. The van der Waals surface area contributed by atoms with Crippen LogP contribution in [-0.2, 0) is 19.2 Å². The number of rotatable bonds is 8. The SMILES string of the molecule is O=C(O)C1CCN(C(=O)/C=C/c2ccc(Sc3ccc(/C=C/C(=O)N4CCC(C(=O)O)CC4)c4ccccc34)c3ccccc23)CC1. The number of carboxylic acids is 2. The first-order chi connectivity index (χ1) is 22.8. The van der Waals surface area contributed by atoms with E-state index in [-0.39, 0.29) is 23.7 Å². The number of fused-ring (bicyclic) bond motifs is 2. The Labute approximate surface area is 277 Å². The highest BCUT2D eigenvalue weighted by atomic mass is 32.2. The van der Waals surface area contributed by atoms with Crippen molar-refractivity contribution < 1.29 is 29.4 Å². The Bertz CT molecular complexity index is 1760. The lowest BCUT2D eigenvalue weighted by Crippen LogP contribution is -2.39. The molecule has 6 rings (SSSR count). The summed E-state index contributed by atoms with van der Waals surface area (Å²) in [7, 11) is 0. The van der Waals surface area contributed by atoms with Gasteiger partial charge < -0.3 is 20.0 Å². The Balaban J connectivity index is 1.20. The van der Waals surface area contributed by atoms with Crippen molar-refractivity contribution in [2.45, 2.75) is 35.5 Å². The van der Waals surface area contributed by atoms with Crippen LogP contribution in [0.3, 0.4) is 0 Å². The van der Waals surface area contributed by atoms with Crippen LogP contribution in [0, 0.1) is 11.8 Å². The average molecular weight is 649 g/mol. The largest absolute Gasteiger partial charge is 0.481 e. The van der Waals surface area contributed by atoms with Crippen molar-refractivity contribution in [2.75, 3.05) is 26.2 Å². The summed E-state index contributed by atoms with van der Waals surface area (Å²) in [5.41, 5.74) is 1.86. The molecular formula is C38H36N2O6S.